The van der Waals surface area contributed by atoms with Gasteiger partial charge in [0, 0.05) is 24.4 Å². The van der Waals surface area contributed by atoms with Crippen molar-refractivity contribution in [2.24, 2.45) is 0 Å². The largest absolute Gasteiger partial charge is 0.485 e. The van der Waals surface area contributed by atoms with E-state index in [-0.39, 0.29) is 24.6 Å². The Morgan fingerprint density at radius 3 is 2.48 bits per heavy atom. The third-order valence-corrected chi connectivity index (χ3v) is 5.93. The number of nitrogens with one attached hydrogen (secondary N) is 1. The van der Waals surface area contributed by atoms with Crippen molar-refractivity contribution in [3.05, 3.63) is 94.8 Å². The van der Waals surface area contributed by atoms with Crippen molar-refractivity contribution in [3.8, 4) is 5.75 Å². The lowest BCUT2D eigenvalue weighted by Gasteiger charge is -2.44. The molecular weight excluding hydrogens is 417 g/mol. The van der Waals surface area contributed by atoms with E-state index in [1.165, 1.54) is 23.3 Å². The van der Waals surface area contributed by atoms with Crippen LogP contribution in [0.4, 0.5) is 10.1 Å². The zero-order chi connectivity index (χ0) is 23.4. The van der Waals surface area contributed by atoms with Gasteiger partial charge in [-0.25, -0.2) is 4.39 Å². The van der Waals surface area contributed by atoms with Gasteiger partial charge in [-0.15, -0.1) is 0 Å². The van der Waals surface area contributed by atoms with Crippen molar-refractivity contribution in [3.63, 3.8) is 0 Å². The molecule has 0 spiro atoms. The molecule has 1 N–H and O–H groups in total. The van der Waals surface area contributed by atoms with Crippen LogP contribution in [0.25, 0.3) is 0 Å². The van der Waals surface area contributed by atoms with E-state index in [9.17, 15) is 4.39 Å². The summed E-state index contributed by atoms with van der Waals surface area (Å²) < 4.78 is 32.5. The summed E-state index contributed by atoms with van der Waals surface area (Å²) in [5.74, 6) is 0.524. The Morgan fingerprint density at radius 1 is 0.970 bits per heavy atom. The highest BCUT2D eigenvalue weighted by molar-refractivity contribution is 5.54. The molecule has 0 amide bonds. The molecule has 0 aliphatic carbocycles. The highest BCUT2D eigenvalue weighted by Gasteiger charge is 2.45. The molecule has 0 saturated heterocycles. The minimum Gasteiger partial charge on any atom is -0.485 e. The van der Waals surface area contributed by atoms with Gasteiger partial charge in [0.05, 0.1) is 6.61 Å². The molecule has 5 heteroatoms. The molecule has 1 aliphatic rings. The molecule has 0 saturated carbocycles. The fourth-order valence-corrected chi connectivity index (χ4v) is 4.21. The van der Waals surface area contributed by atoms with E-state index < -0.39 is 5.60 Å². The van der Waals surface area contributed by atoms with E-state index in [1.807, 2.05) is 39.0 Å². The van der Waals surface area contributed by atoms with Crippen LogP contribution in [0.3, 0.4) is 0 Å². The van der Waals surface area contributed by atoms with E-state index in [1.54, 1.807) is 6.07 Å². The molecule has 174 valence electrons. The number of ether oxygens (including phenoxy) is 3. The zero-order valence-corrected chi connectivity index (χ0v) is 19.7. The molecule has 2 atom stereocenters. The Kier molecular flexibility index (Phi) is 7.01. The lowest BCUT2D eigenvalue weighted by Crippen LogP contribution is -2.51. The summed E-state index contributed by atoms with van der Waals surface area (Å²) in [6, 6.07) is 21.1. The van der Waals surface area contributed by atoms with Crippen molar-refractivity contribution in [1.29, 1.82) is 0 Å². The van der Waals surface area contributed by atoms with Crippen molar-refractivity contribution in [2.45, 2.75) is 58.7 Å². The van der Waals surface area contributed by atoms with Crippen molar-refractivity contribution in [1.82, 2.24) is 0 Å². The summed E-state index contributed by atoms with van der Waals surface area (Å²) in [5, 5.41) is 3.50. The Labute approximate surface area is 195 Å². The first-order valence-electron chi connectivity index (χ1n) is 11.5. The Bertz CT molecular complexity index is 1080. The standard InChI is InChI=1S/C28H32FNO3/c1-5-31-26-24-16-23(30-17-20-11-9-19(2)10-12-20)13-14-25(24)33-28(3,4)27(26)32-18-21-7-6-8-22(29)15-21/h6-16,26-27,30H,5,17-18H2,1-4H3. The lowest BCUT2D eigenvalue weighted by molar-refractivity contribution is -0.165. The van der Waals surface area contributed by atoms with Gasteiger partial charge in [-0.05, 0) is 69.2 Å². The first-order valence-corrected chi connectivity index (χ1v) is 11.5. The minimum absolute atomic E-state index is 0.272. The van der Waals surface area contributed by atoms with Crippen LogP contribution in [0.5, 0.6) is 5.75 Å². The first kappa shape index (κ1) is 23.3. The molecule has 33 heavy (non-hydrogen) atoms. The van der Waals surface area contributed by atoms with Crippen LogP contribution in [-0.2, 0) is 22.6 Å². The number of hydrogen-bond acceptors (Lipinski definition) is 4. The maximum atomic E-state index is 13.6. The van der Waals surface area contributed by atoms with Gasteiger partial charge in [-0.2, -0.15) is 0 Å². The van der Waals surface area contributed by atoms with E-state index in [4.69, 9.17) is 14.2 Å². The van der Waals surface area contributed by atoms with Gasteiger partial charge in [-0.1, -0.05) is 42.0 Å². The number of halogens is 1. The molecule has 4 rings (SSSR count). The second kappa shape index (κ2) is 9.94. The summed E-state index contributed by atoms with van der Waals surface area (Å²) in [6.07, 6.45) is -0.663. The number of benzene rings is 3. The van der Waals surface area contributed by atoms with Crippen LogP contribution in [-0.4, -0.2) is 18.3 Å². The van der Waals surface area contributed by atoms with E-state index in [0.717, 1.165) is 29.1 Å². The van der Waals surface area contributed by atoms with Gasteiger partial charge in [-0.3, -0.25) is 0 Å². The maximum absolute atomic E-state index is 13.6. The summed E-state index contributed by atoms with van der Waals surface area (Å²) in [4.78, 5) is 0. The number of fused-ring (bicyclic) bond motifs is 1. The third-order valence-electron chi connectivity index (χ3n) is 5.93. The third kappa shape index (κ3) is 5.55. The van der Waals surface area contributed by atoms with Gasteiger partial charge in [0.1, 0.15) is 29.4 Å². The highest BCUT2D eigenvalue weighted by atomic mass is 19.1. The van der Waals surface area contributed by atoms with Gasteiger partial charge in [0.25, 0.3) is 0 Å². The predicted molar refractivity (Wildman–Crippen MR) is 129 cm³/mol. The van der Waals surface area contributed by atoms with E-state index >= 15 is 0 Å². The monoisotopic (exact) mass is 449 g/mol. The molecule has 2 unspecified atom stereocenters. The SMILES string of the molecule is CCOC1c2cc(NCc3ccc(C)cc3)ccc2OC(C)(C)C1OCc1cccc(F)c1. The smallest absolute Gasteiger partial charge is 0.132 e. The molecule has 3 aromatic rings. The second-order valence-electron chi connectivity index (χ2n) is 9.03. The molecule has 0 aromatic heterocycles. The number of rotatable bonds is 8. The molecule has 1 aliphatic heterocycles. The maximum Gasteiger partial charge on any atom is 0.132 e. The highest BCUT2D eigenvalue weighted by Crippen LogP contribution is 2.44. The molecule has 3 aromatic carbocycles. The van der Waals surface area contributed by atoms with Gasteiger partial charge in [0.2, 0.25) is 0 Å². The molecular formula is C28H32FNO3. The summed E-state index contributed by atoms with van der Waals surface area (Å²) in [5.41, 5.74) is 4.57. The van der Waals surface area contributed by atoms with Crippen LogP contribution in [0, 0.1) is 12.7 Å². The first-order chi connectivity index (χ1) is 15.9. The van der Waals surface area contributed by atoms with E-state index in [2.05, 4.69) is 42.6 Å². The van der Waals surface area contributed by atoms with Gasteiger partial charge in [0.15, 0.2) is 0 Å². The van der Waals surface area contributed by atoms with Crippen molar-refractivity contribution < 1.29 is 18.6 Å². The summed E-state index contributed by atoms with van der Waals surface area (Å²) in [7, 11) is 0. The number of aryl methyl sites for hydroxylation is 1. The molecule has 0 fully saturated rings. The minimum atomic E-state index is -0.614. The lowest BCUT2D eigenvalue weighted by atomic mass is 9.87. The average Bonchev–Trinajstić information content (AvgIpc) is 2.78. The van der Waals surface area contributed by atoms with Crippen LogP contribution < -0.4 is 10.1 Å². The zero-order valence-electron chi connectivity index (χ0n) is 19.7. The Hall–Kier alpha value is -2.89. The molecule has 0 radical (unpaired) electrons. The van der Waals surface area contributed by atoms with Crippen LogP contribution in [0.2, 0.25) is 0 Å². The summed E-state index contributed by atoms with van der Waals surface area (Å²) >= 11 is 0. The number of anilines is 1. The second-order valence-corrected chi connectivity index (χ2v) is 9.03. The Balaban J connectivity index is 1.55. The fourth-order valence-electron chi connectivity index (χ4n) is 4.21. The normalized spacial score (nSPS) is 18.9. The van der Waals surface area contributed by atoms with Crippen LogP contribution in [0.1, 0.15) is 49.1 Å². The van der Waals surface area contributed by atoms with E-state index in [0.29, 0.717) is 6.61 Å². The van der Waals surface area contributed by atoms with Gasteiger partial charge >= 0.3 is 0 Å². The van der Waals surface area contributed by atoms with Crippen LogP contribution >= 0.6 is 0 Å². The quantitative estimate of drug-likeness (QED) is 0.422. The fraction of sp³-hybridized carbons (Fsp3) is 0.357. The Morgan fingerprint density at radius 2 is 1.76 bits per heavy atom. The predicted octanol–water partition coefficient (Wildman–Crippen LogP) is 6.58. The molecule has 1 heterocycles. The summed E-state index contributed by atoms with van der Waals surface area (Å²) in [6.45, 7) is 9.61. The molecule has 4 nitrogen and oxygen atoms in total. The average molecular weight is 450 g/mol. The van der Waals surface area contributed by atoms with Crippen molar-refractivity contribution in [2.75, 3.05) is 11.9 Å². The number of hydrogen-bond donors (Lipinski definition) is 1. The topological polar surface area (TPSA) is 39.7 Å². The van der Waals surface area contributed by atoms with Gasteiger partial charge < -0.3 is 19.5 Å². The molecule has 0 bridgehead atoms. The van der Waals surface area contributed by atoms with Crippen LogP contribution in [0.15, 0.2) is 66.7 Å². The van der Waals surface area contributed by atoms with Crippen molar-refractivity contribution >= 4 is 5.69 Å².